The van der Waals surface area contributed by atoms with Gasteiger partial charge >= 0.3 is 0 Å². The Morgan fingerprint density at radius 2 is 2.28 bits per heavy atom. The van der Waals surface area contributed by atoms with Crippen molar-refractivity contribution in [3.05, 3.63) is 35.4 Å². The number of ether oxygens (including phenoxy) is 2. The summed E-state index contributed by atoms with van der Waals surface area (Å²) in [5.74, 6) is 1.88. The van der Waals surface area contributed by atoms with Crippen molar-refractivity contribution in [2.24, 2.45) is 11.8 Å². The Labute approximate surface area is 147 Å². The summed E-state index contributed by atoms with van der Waals surface area (Å²) < 4.78 is 11.6. The Bertz CT molecular complexity index is 789. The maximum atomic E-state index is 13.6. The molecule has 5 unspecified atom stereocenters. The van der Waals surface area contributed by atoms with Crippen LogP contribution in [0.4, 0.5) is 5.69 Å². The number of carbonyl (C=O) groups is 1. The lowest BCUT2D eigenvalue weighted by molar-refractivity contribution is -0.154. The minimum absolute atomic E-state index is 0.0952. The van der Waals surface area contributed by atoms with E-state index in [4.69, 9.17) is 15.2 Å². The molecule has 2 N–H and O–H groups in total. The first-order valence-corrected chi connectivity index (χ1v) is 9.12. The second-order valence-electron chi connectivity index (χ2n) is 7.82. The number of benzene rings is 1. The molecule has 0 radical (unpaired) electrons. The summed E-state index contributed by atoms with van der Waals surface area (Å²) in [7, 11) is 1.63. The molecule has 5 aliphatic rings. The first-order valence-electron chi connectivity index (χ1n) is 9.12. The van der Waals surface area contributed by atoms with E-state index in [1.54, 1.807) is 7.11 Å². The van der Waals surface area contributed by atoms with E-state index in [1.165, 1.54) is 5.57 Å². The van der Waals surface area contributed by atoms with Crippen molar-refractivity contribution in [2.75, 3.05) is 26.0 Å². The molecule has 1 aromatic carbocycles. The van der Waals surface area contributed by atoms with E-state index in [2.05, 4.69) is 17.9 Å². The number of rotatable bonds is 2. The van der Waals surface area contributed by atoms with Crippen molar-refractivity contribution in [1.82, 2.24) is 4.90 Å². The van der Waals surface area contributed by atoms with Crippen LogP contribution in [0.3, 0.4) is 0 Å². The van der Waals surface area contributed by atoms with Crippen LogP contribution in [0.5, 0.6) is 5.75 Å². The quantitative estimate of drug-likeness (QED) is 0.661. The number of fused-ring (bicyclic) bond motifs is 1. The molecule has 6 rings (SSSR count). The van der Waals surface area contributed by atoms with E-state index in [0.29, 0.717) is 17.5 Å². The Hall–Kier alpha value is -2.01. The summed E-state index contributed by atoms with van der Waals surface area (Å²) >= 11 is 0. The van der Waals surface area contributed by atoms with E-state index in [1.807, 2.05) is 18.2 Å². The summed E-state index contributed by atoms with van der Waals surface area (Å²) in [4.78, 5) is 15.7. The molecule has 1 aliphatic carbocycles. The van der Waals surface area contributed by atoms with Crippen molar-refractivity contribution < 1.29 is 14.3 Å². The van der Waals surface area contributed by atoms with Gasteiger partial charge in [-0.3, -0.25) is 4.79 Å². The van der Waals surface area contributed by atoms with Gasteiger partial charge in [-0.25, -0.2) is 0 Å². The molecule has 5 heteroatoms. The normalized spacial score (nSPS) is 40.0. The van der Waals surface area contributed by atoms with Crippen molar-refractivity contribution in [2.45, 2.75) is 37.3 Å². The summed E-state index contributed by atoms with van der Waals surface area (Å²) in [6, 6.07) is 5.98. The largest absolute Gasteiger partial charge is 0.497 e. The molecule has 132 valence electrons. The topological polar surface area (TPSA) is 64.8 Å². The molecular weight excluding hydrogens is 316 g/mol. The smallest absolute Gasteiger partial charge is 0.236 e. The van der Waals surface area contributed by atoms with Crippen molar-refractivity contribution in [3.8, 4) is 5.75 Å². The molecule has 5 fully saturated rings. The fourth-order valence-electron chi connectivity index (χ4n) is 5.83. The second-order valence-corrected chi connectivity index (χ2v) is 7.82. The van der Waals surface area contributed by atoms with Crippen LogP contribution in [0, 0.1) is 11.8 Å². The lowest BCUT2D eigenvalue weighted by atomic mass is 9.69. The number of hydrogen-bond donors (Lipinski definition) is 1. The number of methoxy groups -OCH3 is 1. The predicted octanol–water partition coefficient (Wildman–Crippen LogP) is 2.11. The number of hydrogen-bond acceptors (Lipinski definition) is 4. The van der Waals surface area contributed by atoms with Gasteiger partial charge in [-0.1, -0.05) is 17.7 Å². The average Bonchev–Trinajstić information content (AvgIpc) is 2.77. The SMILES string of the molecule is CC=C1CN2C(=O)C3(c4ccc(OC)cc4N)CC2C2COC3CC12. The molecule has 5 bridgehead atoms. The fraction of sp³-hybridized carbons (Fsp3) is 0.550. The third kappa shape index (κ3) is 1.74. The highest BCUT2D eigenvalue weighted by Crippen LogP contribution is 2.58. The monoisotopic (exact) mass is 340 g/mol. The first kappa shape index (κ1) is 15.3. The van der Waals surface area contributed by atoms with Gasteiger partial charge in [-0.15, -0.1) is 0 Å². The highest BCUT2D eigenvalue weighted by atomic mass is 16.5. The number of nitrogens with two attached hydrogens (primary N) is 1. The molecule has 25 heavy (non-hydrogen) atoms. The predicted molar refractivity (Wildman–Crippen MR) is 94.3 cm³/mol. The van der Waals surface area contributed by atoms with Crippen molar-refractivity contribution in [3.63, 3.8) is 0 Å². The average molecular weight is 340 g/mol. The molecule has 0 aromatic heterocycles. The Balaban J connectivity index is 1.69. The van der Waals surface area contributed by atoms with Crippen molar-refractivity contribution >= 4 is 11.6 Å². The molecule has 1 amide bonds. The van der Waals surface area contributed by atoms with Crippen LogP contribution in [0.1, 0.15) is 25.3 Å². The van der Waals surface area contributed by atoms with E-state index in [-0.39, 0.29) is 18.1 Å². The third-order valence-corrected chi connectivity index (χ3v) is 7.03. The van der Waals surface area contributed by atoms with Crippen LogP contribution < -0.4 is 10.5 Å². The molecule has 4 saturated heterocycles. The van der Waals surface area contributed by atoms with Crippen LogP contribution in [-0.4, -0.2) is 43.2 Å². The number of carbonyl (C=O) groups excluding carboxylic acids is 1. The minimum atomic E-state index is -0.635. The van der Waals surface area contributed by atoms with E-state index < -0.39 is 5.41 Å². The number of allylic oxidation sites excluding steroid dienone is 1. The standard InChI is InChI=1S/C20H24N2O3/c1-3-11-9-22-17-8-20(19(22)23,18-7-13(11)14(17)10-25-18)15-5-4-12(24-2)6-16(15)21/h3-6,13-14,17-18H,7-10,21H2,1-2H3. The summed E-state index contributed by atoms with van der Waals surface area (Å²) in [6.45, 7) is 3.61. The summed E-state index contributed by atoms with van der Waals surface area (Å²) in [6.07, 6.45) is 3.86. The fourth-order valence-corrected chi connectivity index (χ4v) is 5.83. The zero-order valence-corrected chi connectivity index (χ0v) is 14.7. The molecule has 1 saturated carbocycles. The number of nitrogens with zero attached hydrogens (tertiary/aromatic N) is 1. The maximum Gasteiger partial charge on any atom is 0.236 e. The van der Waals surface area contributed by atoms with E-state index in [9.17, 15) is 4.79 Å². The van der Waals surface area contributed by atoms with Crippen LogP contribution in [0.15, 0.2) is 29.8 Å². The van der Waals surface area contributed by atoms with Crippen molar-refractivity contribution in [1.29, 1.82) is 0 Å². The van der Waals surface area contributed by atoms with Gasteiger partial charge in [-0.2, -0.15) is 0 Å². The van der Waals surface area contributed by atoms with Crippen LogP contribution >= 0.6 is 0 Å². The van der Waals surface area contributed by atoms with E-state index >= 15 is 0 Å². The van der Waals surface area contributed by atoms with Gasteiger partial charge in [-0.05, 0) is 37.3 Å². The number of piperidine rings is 1. The molecule has 5 nitrogen and oxygen atoms in total. The van der Waals surface area contributed by atoms with Gasteiger partial charge in [0.1, 0.15) is 11.2 Å². The highest BCUT2D eigenvalue weighted by molar-refractivity contribution is 5.94. The van der Waals surface area contributed by atoms with Crippen LogP contribution in [0.2, 0.25) is 0 Å². The molecule has 5 atom stereocenters. The van der Waals surface area contributed by atoms with Gasteiger partial charge in [0.2, 0.25) is 5.91 Å². The van der Waals surface area contributed by atoms with Gasteiger partial charge in [0.05, 0.1) is 19.8 Å². The highest BCUT2D eigenvalue weighted by Gasteiger charge is 2.67. The van der Waals surface area contributed by atoms with Crippen LogP contribution in [0.25, 0.3) is 0 Å². The zero-order valence-electron chi connectivity index (χ0n) is 14.7. The molecule has 1 aromatic rings. The lowest BCUT2D eigenvalue weighted by Gasteiger charge is -2.50. The maximum absolute atomic E-state index is 13.6. The number of anilines is 1. The molecule has 4 aliphatic heterocycles. The Kier molecular flexibility index (Phi) is 3.06. The lowest BCUT2D eigenvalue weighted by Crippen LogP contribution is -2.59. The number of nitrogen functional groups attached to an aromatic ring is 1. The second kappa shape index (κ2) is 5.01. The number of amides is 1. The molecule has 4 heterocycles. The minimum Gasteiger partial charge on any atom is -0.497 e. The van der Waals surface area contributed by atoms with Gasteiger partial charge in [0.15, 0.2) is 0 Å². The van der Waals surface area contributed by atoms with Gasteiger partial charge in [0, 0.05) is 30.3 Å². The first-order chi connectivity index (χ1) is 12.1. The molecular formula is C20H24N2O3. The molecule has 0 spiro atoms. The summed E-state index contributed by atoms with van der Waals surface area (Å²) in [5.41, 5.74) is 8.70. The van der Waals surface area contributed by atoms with Crippen LogP contribution in [-0.2, 0) is 14.9 Å². The Morgan fingerprint density at radius 1 is 1.44 bits per heavy atom. The third-order valence-electron chi connectivity index (χ3n) is 7.03. The van der Waals surface area contributed by atoms with E-state index in [0.717, 1.165) is 37.3 Å². The summed E-state index contributed by atoms with van der Waals surface area (Å²) in [5, 5.41) is 0. The zero-order chi connectivity index (χ0) is 17.3. The van der Waals surface area contributed by atoms with Gasteiger partial charge < -0.3 is 20.1 Å². The van der Waals surface area contributed by atoms with Gasteiger partial charge in [0.25, 0.3) is 0 Å². The Morgan fingerprint density at radius 3 is 3.00 bits per heavy atom.